The van der Waals surface area contributed by atoms with E-state index in [0.717, 1.165) is 83.0 Å². The Labute approximate surface area is 221 Å². The molecule has 5 aromatic heterocycles. The molecular weight excluding hydrogens is 474 g/mol. The van der Waals surface area contributed by atoms with Crippen molar-refractivity contribution < 1.29 is 0 Å². The van der Waals surface area contributed by atoms with Crippen LogP contribution < -0.4 is 4.90 Å². The highest BCUT2D eigenvalue weighted by molar-refractivity contribution is 5.99. The summed E-state index contributed by atoms with van der Waals surface area (Å²) in [4.78, 5) is 24.9. The number of H-pyrrole nitrogens is 2. The van der Waals surface area contributed by atoms with E-state index in [9.17, 15) is 0 Å². The van der Waals surface area contributed by atoms with Crippen molar-refractivity contribution in [1.82, 2.24) is 39.9 Å². The number of hydrogen-bond acceptors (Lipinski definition) is 7. The predicted molar refractivity (Wildman–Crippen MR) is 151 cm³/mol. The fraction of sp³-hybridized carbons (Fsp3) is 0.379. The largest absolute Gasteiger partial charge is 0.353 e. The third-order valence-electron chi connectivity index (χ3n) is 7.98. The minimum atomic E-state index is 0.775. The van der Waals surface area contributed by atoms with Crippen LogP contribution in [0.4, 0.5) is 5.82 Å². The minimum absolute atomic E-state index is 0.775. The minimum Gasteiger partial charge on any atom is -0.353 e. The summed E-state index contributed by atoms with van der Waals surface area (Å²) in [6.07, 6.45) is 11.6. The summed E-state index contributed by atoms with van der Waals surface area (Å²) in [7, 11) is 2.17. The molecule has 5 aromatic rings. The molecule has 0 amide bonds. The molecule has 0 spiro atoms. The van der Waals surface area contributed by atoms with Gasteiger partial charge in [-0.3, -0.25) is 15.0 Å². The van der Waals surface area contributed by atoms with Gasteiger partial charge in [-0.2, -0.15) is 5.10 Å². The van der Waals surface area contributed by atoms with Crippen LogP contribution in [-0.2, 0) is 6.54 Å². The number of nitrogens with zero attached hydrogens (tertiary/aromatic N) is 7. The van der Waals surface area contributed by atoms with E-state index in [2.05, 4.69) is 60.1 Å². The van der Waals surface area contributed by atoms with Gasteiger partial charge in [-0.05, 0) is 62.8 Å². The van der Waals surface area contributed by atoms with Crippen LogP contribution in [0.5, 0.6) is 0 Å². The molecule has 0 aliphatic carbocycles. The second-order valence-electron chi connectivity index (χ2n) is 10.7. The Morgan fingerprint density at radius 3 is 2.55 bits per heavy atom. The molecule has 0 atom stereocenters. The van der Waals surface area contributed by atoms with Crippen molar-refractivity contribution in [2.45, 2.75) is 25.8 Å². The highest BCUT2D eigenvalue weighted by atomic mass is 15.3. The van der Waals surface area contributed by atoms with Crippen LogP contribution in [0.2, 0.25) is 0 Å². The van der Waals surface area contributed by atoms with E-state index in [1.807, 2.05) is 30.9 Å². The van der Waals surface area contributed by atoms with Crippen molar-refractivity contribution >= 4 is 27.8 Å². The van der Waals surface area contributed by atoms with E-state index in [1.165, 1.54) is 37.9 Å². The number of piperazine rings is 1. The Morgan fingerprint density at radius 1 is 0.842 bits per heavy atom. The Morgan fingerprint density at radius 2 is 1.68 bits per heavy atom. The van der Waals surface area contributed by atoms with Crippen molar-refractivity contribution in [2.24, 2.45) is 0 Å². The first kappa shape index (κ1) is 23.3. The lowest BCUT2D eigenvalue weighted by molar-refractivity contribution is 0.220. The Balaban J connectivity index is 1.22. The average Bonchev–Trinajstić information content (AvgIpc) is 3.58. The van der Waals surface area contributed by atoms with E-state index in [1.54, 1.807) is 0 Å². The van der Waals surface area contributed by atoms with Crippen LogP contribution in [0.3, 0.4) is 0 Å². The summed E-state index contributed by atoms with van der Waals surface area (Å²) in [5.41, 5.74) is 7.05. The molecule has 9 heteroatoms. The van der Waals surface area contributed by atoms with Crippen LogP contribution in [0.15, 0.2) is 49.1 Å². The second kappa shape index (κ2) is 9.81. The summed E-state index contributed by atoms with van der Waals surface area (Å²) in [6, 6.07) is 8.64. The first-order valence-electron chi connectivity index (χ1n) is 13.6. The van der Waals surface area contributed by atoms with Gasteiger partial charge in [0.2, 0.25) is 0 Å². The van der Waals surface area contributed by atoms with Gasteiger partial charge in [0, 0.05) is 79.4 Å². The van der Waals surface area contributed by atoms with Gasteiger partial charge < -0.3 is 14.8 Å². The number of rotatable bonds is 5. The summed E-state index contributed by atoms with van der Waals surface area (Å²) < 4.78 is 0. The van der Waals surface area contributed by atoms with Crippen molar-refractivity contribution in [3.63, 3.8) is 0 Å². The first-order chi connectivity index (χ1) is 18.7. The van der Waals surface area contributed by atoms with Gasteiger partial charge in [-0.1, -0.05) is 6.42 Å². The highest BCUT2D eigenvalue weighted by Crippen LogP contribution is 2.33. The number of piperidine rings is 1. The van der Waals surface area contributed by atoms with Crippen molar-refractivity contribution in [2.75, 3.05) is 51.2 Å². The number of aromatic amines is 2. The Hall–Kier alpha value is -3.82. The molecule has 0 bridgehead atoms. The lowest BCUT2D eigenvalue weighted by atomic mass is 10.0. The fourth-order valence-corrected chi connectivity index (χ4v) is 5.81. The number of likely N-dealkylation sites (tertiary alicyclic amines) is 1. The average molecular weight is 508 g/mol. The summed E-state index contributed by atoms with van der Waals surface area (Å²) >= 11 is 0. The molecule has 0 saturated carbocycles. The van der Waals surface area contributed by atoms with Crippen molar-refractivity contribution in [3.8, 4) is 22.5 Å². The van der Waals surface area contributed by atoms with E-state index >= 15 is 0 Å². The zero-order valence-corrected chi connectivity index (χ0v) is 21.8. The van der Waals surface area contributed by atoms with Gasteiger partial charge in [0.1, 0.15) is 11.5 Å². The molecule has 38 heavy (non-hydrogen) atoms. The van der Waals surface area contributed by atoms with Crippen LogP contribution in [0.25, 0.3) is 44.5 Å². The quantitative estimate of drug-likeness (QED) is 0.366. The molecule has 2 aliphatic heterocycles. The van der Waals surface area contributed by atoms with Gasteiger partial charge in [-0.15, -0.1) is 0 Å². The van der Waals surface area contributed by atoms with Crippen LogP contribution in [-0.4, -0.2) is 86.2 Å². The molecule has 2 fully saturated rings. The maximum Gasteiger partial charge on any atom is 0.155 e. The van der Waals surface area contributed by atoms with Gasteiger partial charge in [0.15, 0.2) is 5.65 Å². The molecule has 7 rings (SSSR count). The Bertz CT molecular complexity index is 1570. The molecule has 0 radical (unpaired) electrons. The fourth-order valence-electron chi connectivity index (χ4n) is 5.81. The van der Waals surface area contributed by atoms with E-state index in [4.69, 9.17) is 9.97 Å². The lowest BCUT2D eigenvalue weighted by Gasteiger charge is -2.33. The van der Waals surface area contributed by atoms with E-state index < -0.39 is 0 Å². The van der Waals surface area contributed by atoms with Gasteiger partial charge in [-0.25, -0.2) is 9.97 Å². The molecule has 194 valence electrons. The zero-order valence-electron chi connectivity index (χ0n) is 21.8. The molecule has 2 N–H and O–H groups in total. The topological polar surface area (TPSA) is 92.9 Å². The maximum absolute atomic E-state index is 4.75. The molecule has 9 nitrogen and oxygen atoms in total. The maximum atomic E-state index is 4.75. The molecule has 0 unspecified atom stereocenters. The molecular formula is C29H33N9. The molecule has 2 aliphatic rings. The number of aromatic nitrogens is 6. The normalized spacial score (nSPS) is 17.6. The number of anilines is 1. The number of nitrogens with one attached hydrogen (secondary N) is 2. The molecule has 7 heterocycles. The predicted octanol–water partition coefficient (Wildman–Crippen LogP) is 4.30. The number of likely N-dealkylation sites (N-methyl/N-ethyl adjacent to an activating group) is 1. The van der Waals surface area contributed by atoms with Crippen molar-refractivity contribution in [3.05, 3.63) is 54.6 Å². The van der Waals surface area contributed by atoms with E-state index in [0.29, 0.717) is 0 Å². The third kappa shape index (κ3) is 4.41. The monoisotopic (exact) mass is 507 g/mol. The Kier molecular flexibility index (Phi) is 6.02. The SMILES string of the molecule is CN1CCN(c2nccc3[nH]c(-c4n[nH]c5ncc(-c6cncc(CN7CCCCC7)c6)cc45)cc23)CC1. The number of hydrogen-bond donors (Lipinski definition) is 2. The van der Waals surface area contributed by atoms with E-state index in [-0.39, 0.29) is 0 Å². The number of fused-ring (bicyclic) bond motifs is 2. The second-order valence-corrected chi connectivity index (χ2v) is 10.7. The summed E-state index contributed by atoms with van der Waals surface area (Å²) in [5, 5.41) is 9.90. The van der Waals surface area contributed by atoms with Crippen LogP contribution in [0.1, 0.15) is 24.8 Å². The number of pyridine rings is 3. The first-order valence-corrected chi connectivity index (χ1v) is 13.6. The van der Waals surface area contributed by atoms with Gasteiger partial charge in [0.25, 0.3) is 0 Å². The summed E-state index contributed by atoms with van der Waals surface area (Å²) in [6.45, 7) is 7.34. The summed E-state index contributed by atoms with van der Waals surface area (Å²) in [5.74, 6) is 1.04. The third-order valence-corrected chi connectivity index (χ3v) is 7.98. The molecule has 0 aromatic carbocycles. The zero-order chi connectivity index (χ0) is 25.5. The highest BCUT2D eigenvalue weighted by Gasteiger charge is 2.20. The van der Waals surface area contributed by atoms with Crippen molar-refractivity contribution in [1.29, 1.82) is 0 Å². The smallest absolute Gasteiger partial charge is 0.155 e. The standard InChI is InChI=1S/C29H33N9/c1-36-9-11-38(12-10-36)29-23-15-26(33-25(23)5-6-31-29)27-24-14-22(18-32-28(24)35-34-27)21-13-20(16-30-17-21)19-37-7-3-2-4-8-37/h5-6,13-18,33H,2-4,7-12,19H2,1H3,(H,32,34,35). The van der Waals surface area contributed by atoms with Gasteiger partial charge in [0.05, 0.1) is 11.2 Å². The van der Waals surface area contributed by atoms with Gasteiger partial charge >= 0.3 is 0 Å². The van der Waals surface area contributed by atoms with Crippen LogP contribution >= 0.6 is 0 Å². The lowest BCUT2D eigenvalue weighted by Crippen LogP contribution is -2.44. The van der Waals surface area contributed by atoms with Crippen LogP contribution in [0, 0.1) is 0 Å². The molecule has 2 saturated heterocycles.